The molecule has 0 unspecified atom stereocenters. The quantitative estimate of drug-likeness (QED) is 0.129. The van der Waals surface area contributed by atoms with E-state index in [4.69, 9.17) is 4.42 Å². The van der Waals surface area contributed by atoms with Gasteiger partial charge in [-0.15, -0.1) is 0 Å². The molecule has 332 valence electrons. The van der Waals surface area contributed by atoms with E-state index >= 15 is 0 Å². The SMILES string of the molecule is C=Cc1oc2cc(-c3cccc(N(c4ccc(-c5cccc(-c6ccccc6)c5)cc4)c4ccc(-c5cccc(-c6cccc(-n7c8ccccc8c8ccccc87)c6)c5)cc4)c3)ccc2c1/C=C\C. The molecule has 0 bridgehead atoms. The van der Waals surface area contributed by atoms with E-state index in [0.717, 1.165) is 72.9 Å². The fraction of sp³-hybridized carbons (Fsp3) is 0.0149. The van der Waals surface area contributed by atoms with Crippen LogP contribution in [0.2, 0.25) is 0 Å². The van der Waals surface area contributed by atoms with Crippen LogP contribution in [0.25, 0.3) is 106 Å². The zero-order valence-corrected chi connectivity index (χ0v) is 38.8. The summed E-state index contributed by atoms with van der Waals surface area (Å²) >= 11 is 0. The van der Waals surface area contributed by atoms with Crippen molar-refractivity contribution in [2.75, 3.05) is 4.90 Å². The minimum atomic E-state index is 0.778. The summed E-state index contributed by atoms with van der Waals surface area (Å²) in [6.45, 7) is 6.03. The van der Waals surface area contributed by atoms with Crippen molar-refractivity contribution in [2.24, 2.45) is 0 Å². The maximum Gasteiger partial charge on any atom is 0.136 e. The molecule has 3 nitrogen and oxygen atoms in total. The van der Waals surface area contributed by atoms with Gasteiger partial charge >= 0.3 is 0 Å². The average molecular weight is 897 g/mol. The number of benzene rings is 10. The van der Waals surface area contributed by atoms with Gasteiger partial charge in [0.1, 0.15) is 11.3 Å². The van der Waals surface area contributed by atoms with Crippen LogP contribution in [0, 0.1) is 0 Å². The van der Waals surface area contributed by atoms with Gasteiger partial charge in [-0.1, -0.05) is 176 Å². The lowest BCUT2D eigenvalue weighted by Gasteiger charge is -2.26. The summed E-state index contributed by atoms with van der Waals surface area (Å²) in [7, 11) is 0. The molecule has 0 spiro atoms. The predicted octanol–water partition coefficient (Wildman–Crippen LogP) is 19.0. The number of nitrogens with zero attached hydrogens (tertiary/aromatic N) is 2. The molecule has 12 aromatic rings. The van der Waals surface area contributed by atoms with Crippen LogP contribution in [0.3, 0.4) is 0 Å². The monoisotopic (exact) mass is 896 g/mol. The maximum atomic E-state index is 6.31. The van der Waals surface area contributed by atoms with Crippen LogP contribution in [0.1, 0.15) is 18.2 Å². The summed E-state index contributed by atoms with van der Waals surface area (Å²) in [5.74, 6) is 0.778. The van der Waals surface area contributed by atoms with Gasteiger partial charge in [0.25, 0.3) is 0 Å². The zero-order chi connectivity index (χ0) is 47.0. The van der Waals surface area contributed by atoms with Crippen molar-refractivity contribution in [3.63, 3.8) is 0 Å². The first-order valence-electron chi connectivity index (χ1n) is 23.9. The lowest BCUT2D eigenvalue weighted by Crippen LogP contribution is -2.10. The lowest BCUT2D eigenvalue weighted by molar-refractivity contribution is 0.603. The van der Waals surface area contributed by atoms with E-state index in [1.165, 1.54) is 49.6 Å². The first kappa shape index (κ1) is 42.2. The Morgan fingerprint density at radius 2 is 0.843 bits per heavy atom. The number of rotatable bonds is 11. The maximum absolute atomic E-state index is 6.31. The summed E-state index contributed by atoms with van der Waals surface area (Å²) in [6.07, 6.45) is 5.91. The highest BCUT2D eigenvalue weighted by atomic mass is 16.3. The molecule has 0 aliphatic heterocycles. The summed E-state index contributed by atoms with van der Waals surface area (Å²) in [5.41, 5.74) is 20.2. The van der Waals surface area contributed by atoms with Gasteiger partial charge in [-0.25, -0.2) is 0 Å². The number of furan rings is 1. The second kappa shape index (κ2) is 18.1. The van der Waals surface area contributed by atoms with E-state index < -0.39 is 0 Å². The van der Waals surface area contributed by atoms with E-state index in [1.807, 2.05) is 13.0 Å². The standard InChI is InChI=1S/C67H48N2O/c1-3-16-62-63-40-35-55(45-67(63)70-66(62)4-2)54-24-14-25-58(43-54)68(56-36-31-47(32-37-56)50-20-12-19-49(41-50)46-17-6-5-7-18-46)57-38-33-48(34-39-57)51-21-13-22-52(42-51)53-23-15-26-59(44-53)69-64-29-10-8-27-60(64)61-28-9-11-30-65(61)69/h3-45H,2H2,1H3/b16-3-. The Morgan fingerprint density at radius 3 is 1.43 bits per heavy atom. The molecular weight excluding hydrogens is 849 g/mol. The Balaban J connectivity index is 0.900. The van der Waals surface area contributed by atoms with Crippen molar-refractivity contribution in [1.82, 2.24) is 4.57 Å². The molecule has 0 radical (unpaired) electrons. The Labute approximate surface area is 408 Å². The number of aromatic nitrogens is 1. The first-order chi connectivity index (χ1) is 34.6. The molecule has 2 aromatic heterocycles. The number of para-hydroxylation sites is 2. The highest BCUT2D eigenvalue weighted by Gasteiger charge is 2.17. The van der Waals surface area contributed by atoms with Crippen LogP contribution < -0.4 is 4.90 Å². The number of hydrogen-bond acceptors (Lipinski definition) is 2. The molecule has 0 saturated heterocycles. The molecule has 0 N–H and O–H groups in total. The van der Waals surface area contributed by atoms with Gasteiger partial charge < -0.3 is 13.9 Å². The molecule has 0 atom stereocenters. The van der Waals surface area contributed by atoms with Crippen molar-refractivity contribution in [2.45, 2.75) is 6.92 Å². The van der Waals surface area contributed by atoms with E-state index in [2.05, 4.69) is 265 Å². The van der Waals surface area contributed by atoms with Crippen LogP contribution in [-0.4, -0.2) is 4.57 Å². The Hall–Kier alpha value is -9.18. The van der Waals surface area contributed by atoms with Crippen LogP contribution in [0.4, 0.5) is 17.1 Å². The number of hydrogen-bond donors (Lipinski definition) is 0. The molecule has 2 heterocycles. The number of anilines is 3. The van der Waals surface area contributed by atoms with Crippen LogP contribution >= 0.6 is 0 Å². The fourth-order valence-corrected chi connectivity index (χ4v) is 10.1. The van der Waals surface area contributed by atoms with Gasteiger partial charge in [-0.2, -0.15) is 0 Å². The van der Waals surface area contributed by atoms with Gasteiger partial charge in [0.15, 0.2) is 0 Å². The molecule has 70 heavy (non-hydrogen) atoms. The normalized spacial score (nSPS) is 11.5. The molecule has 3 heteroatoms. The summed E-state index contributed by atoms with van der Waals surface area (Å²) < 4.78 is 8.69. The Bertz CT molecular complexity index is 3850. The Kier molecular flexibility index (Phi) is 10.9. The van der Waals surface area contributed by atoms with E-state index in [0.29, 0.717) is 0 Å². The number of allylic oxidation sites excluding steroid dienone is 1. The molecule has 10 aromatic carbocycles. The second-order valence-corrected chi connectivity index (χ2v) is 17.7. The lowest BCUT2D eigenvalue weighted by atomic mass is 9.98. The smallest absolute Gasteiger partial charge is 0.136 e. The third kappa shape index (κ3) is 7.80. The van der Waals surface area contributed by atoms with Crippen LogP contribution in [0.15, 0.2) is 260 Å². The average Bonchev–Trinajstić information content (AvgIpc) is 3.96. The van der Waals surface area contributed by atoms with Crippen molar-refractivity contribution in [3.8, 4) is 61.3 Å². The molecule has 12 rings (SSSR count). The largest absolute Gasteiger partial charge is 0.456 e. The van der Waals surface area contributed by atoms with Gasteiger partial charge in [0.2, 0.25) is 0 Å². The molecule has 0 aliphatic carbocycles. The van der Waals surface area contributed by atoms with Crippen molar-refractivity contribution < 1.29 is 4.42 Å². The van der Waals surface area contributed by atoms with Crippen molar-refractivity contribution >= 4 is 62.0 Å². The molecule has 0 saturated carbocycles. The second-order valence-electron chi connectivity index (χ2n) is 17.7. The minimum Gasteiger partial charge on any atom is -0.456 e. The molecular formula is C67H48N2O. The first-order valence-corrected chi connectivity index (χ1v) is 23.9. The van der Waals surface area contributed by atoms with E-state index in [9.17, 15) is 0 Å². The summed E-state index contributed by atoms with van der Waals surface area (Å²) in [4.78, 5) is 2.35. The third-order valence-corrected chi connectivity index (χ3v) is 13.5. The predicted molar refractivity (Wildman–Crippen MR) is 297 cm³/mol. The fourth-order valence-electron chi connectivity index (χ4n) is 10.1. The number of fused-ring (bicyclic) bond motifs is 4. The highest BCUT2D eigenvalue weighted by Crippen LogP contribution is 2.41. The van der Waals surface area contributed by atoms with Gasteiger partial charge in [0.05, 0.1) is 11.0 Å². The van der Waals surface area contributed by atoms with Gasteiger partial charge in [-0.3, -0.25) is 0 Å². The van der Waals surface area contributed by atoms with Crippen LogP contribution in [-0.2, 0) is 0 Å². The van der Waals surface area contributed by atoms with Crippen molar-refractivity contribution in [3.05, 3.63) is 267 Å². The topological polar surface area (TPSA) is 21.3 Å². The Morgan fingerprint density at radius 1 is 0.386 bits per heavy atom. The third-order valence-electron chi connectivity index (χ3n) is 13.5. The summed E-state index contributed by atoms with van der Waals surface area (Å²) in [5, 5.41) is 3.59. The van der Waals surface area contributed by atoms with Gasteiger partial charge in [-0.05, 0) is 154 Å². The molecule has 0 fully saturated rings. The zero-order valence-electron chi connectivity index (χ0n) is 38.8. The molecule has 0 aliphatic rings. The van der Waals surface area contributed by atoms with E-state index in [-0.39, 0.29) is 0 Å². The van der Waals surface area contributed by atoms with Crippen LogP contribution in [0.5, 0.6) is 0 Å². The molecule has 0 amide bonds. The van der Waals surface area contributed by atoms with Crippen molar-refractivity contribution in [1.29, 1.82) is 0 Å². The van der Waals surface area contributed by atoms with Gasteiger partial charge in [0, 0.05) is 44.5 Å². The van der Waals surface area contributed by atoms with E-state index in [1.54, 1.807) is 6.08 Å². The highest BCUT2D eigenvalue weighted by molar-refractivity contribution is 6.09. The minimum absolute atomic E-state index is 0.778. The summed E-state index contributed by atoms with van der Waals surface area (Å²) in [6, 6.07) is 87.6.